The van der Waals surface area contributed by atoms with Crippen molar-refractivity contribution in [3.63, 3.8) is 0 Å². The summed E-state index contributed by atoms with van der Waals surface area (Å²) in [6, 6.07) is 11.1. The molecule has 0 bridgehead atoms. The second-order valence-electron chi connectivity index (χ2n) is 6.03. The van der Waals surface area contributed by atoms with Crippen LogP contribution in [0.2, 0.25) is 0 Å². The van der Waals surface area contributed by atoms with E-state index in [2.05, 4.69) is 10.9 Å². The first kappa shape index (κ1) is 12.8. The van der Waals surface area contributed by atoms with Crippen molar-refractivity contribution in [2.75, 3.05) is 0 Å². The van der Waals surface area contributed by atoms with Gasteiger partial charge in [-0.05, 0) is 0 Å². The molecule has 0 radical (unpaired) electrons. The molecule has 122 valence electrons. The van der Waals surface area contributed by atoms with Crippen LogP contribution in [-0.2, 0) is 7.05 Å². The quantitative estimate of drug-likeness (QED) is 0.247. The molecular weight excluding hydrogens is 378 g/mol. The van der Waals surface area contributed by atoms with Crippen molar-refractivity contribution in [2.24, 2.45) is 7.05 Å². The number of nitrogens with zero attached hydrogens (tertiary/aromatic N) is 2. The normalized spacial score (nSPS) is 13.4. The van der Waals surface area contributed by atoms with E-state index >= 15 is 0 Å². The fourth-order valence-electron chi connectivity index (χ4n) is 3.22. The Labute approximate surface area is 155 Å². The standard InChI is InChI=1S/C21H16FN2Se/c1-12-8-9-15-14-6-5-7-17(23-3)20(14)25-21(15)19(12)18-10-16(22)13(2)11-24(18)4/h5-11H,1-2,4H3/q+1/i2D3. The fraction of sp³-hybridized carbons (Fsp3) is 0.143. The first-order chi connectivity index (χ1) is 13.2. The molecule has 0 aliphatic carbocycles. The van der Waals surface area contributed by atoms with Crippen molar-refractivity contribution in [1.82, 2.24) is 0 Å². The van der Waals surface area contributed by atoms with Gasteiger partial charge in [-0.1, -0.05) is 0 Å². The van der Waals surface area contributed by atoms with Crippen molar-refractivity contribution < 1.29 is 13.1 Å². The van der Waals surface area contributed by atoms with Gasteiger partial charge in [0.05, 0.1) is 0 Å². The van der Waals surface area contributed by atoms with Gasteiger partial charge in [0.1, 0.15) is 0 Å². The van der Waals surface area contributed by atoms with Gasteiger partial charge in [0, 0.05) is 0 Å². The number of hydrogen-bond donors (Lipinski definition) is 0. The molecule has 0 spiro atoms. The third-order valence-electron chi connectivity index (χ3n) is 4.45. The number of halogens is 1. The molecule has 4 aromatic rings. The number of rotatable bonds is 1. The first-order valence-corrected chi connectivity index (χ1v) is 9.46. The molecule has 0 N–H and O–H groups in total. The molecule has 0 atom stereocenters. The monoisotopic (exact) mass is 398 g/mol. The van der Waals surface area contributed by atoms with Crippen LogP contribution in [0.25, 0.3) is 35.4 Å². The van der Waals surface area contributed by atoms with Crippen molar-refractivity contribution in [1.29, 1.82) is 0 Å². The summed E-state index contributed by atoms with van der Waals surface area (Å²) in [4.78, 5) is 3.66. The number of aromatic nitrogens is 1. The van der Waals surface area contributed by atoms with E-state index in [-0.39, 0.29) is 20.1 Å². The summed E-state index contributed by atoms with van der Waals surface area (Å²) in [5, 5.41) is 2.13. The molecule has 2 aromatic heterocycles. The van der Waals surface area contributed by atoms with Crippen molar-refractivity contribution >= 4 is 39.5 Å². The molecule has 25 heavy (non-hydrogen) atoms. The van der Waals surface area contributed by atoms with E-state index in [0.29, 0.717) is 11.4 Å². The summed E-state index contributed by atoms with van der Waals surface area (Å²) in [7, 11) is 1.74. The molecule has 4 rings (SSSR count). The van der Waals surface area contributed by atoms with Gasteiger partial charge in [0.25, 0.3) is 0 Å². The molecular formula is C21H16FN2Se+. The Morgan fingerprint density at radius 2 is 1.96 bits per heavy atom. The van der Waals surface area contributed by atoms with Gasteiger partial charge < -0.3 is 0 Å². The molecule has 0 saturated carbocycles. The zero-order chi connectivity index (χ0) is 20.2. The van der Waals surface area contributed by atoms with Crippen LogP contribution in [0.5, 0.6) is 0 Å². The average molecular weight is 397 g/mol. The van der Waals surface area contributed by atoms with E-state index in [4.69, 9.17) is 10.7 Å². The second kappa shape index (κ2) is 5.81. The van der Waals surface area contributed by atoms with Crippen molar-refractivity contribution in [3.8, 4) is 11.3 Å². The second-order valence-corrected chi connectivity index (χ2v) is 8.17. The van der Waals surface area contributed by atoms with Crippen LogP contribution in [0.3, 0.4) is 0 Å². The molecule has 0 aliphatic rings. The summed E-state index contributed by atoms with van der Waals surface area (Å²) < 4.78 is 41.1. The third-order valence-corrected chi connectivity index (χ3v) is 7.10. The Bertz CT molecular complexity index is 1300. The molecule has 0 amide bonds. The van der Waals surface area contributed by atoms with Crippen LogP contribution in [0.15, 0.2) is 42.6 Å². The maximum atomic E-state index is 14.7. The number of aryl methyl sites for hydroxylation is 3. The first-order valence-electron chi connectivity index (χ1n) is 9.24. The molecule has 0 unspecified atom stereocenters. The SMILES string of the molecule is [2H]C([2H])([2H])c1c[n+](C)c(-c2c(C)ccc3c2[se]c2c([N+]#[C-])cccc23)cc1F. The number of pyridine rings is 1. The van der Waals surface area contributed by atoms with E-state index in [9.17, 15) is 4.39 Å². The molecule has 4 heteroatoms. The molecule has 0 aliphatic heterocycles. The summed E-state index contributed by atoms with van der Waals surface area (Å²) in [6.07, 6.45) is 1.36. The molecule has 2 nitrogen and oxygen atoms in total. The minimum absolute atomic E-state index is 0.0840. The van der Waals surface area contributed by atoms with Gasteiger partial charge in [0.15, 0.2) is 0 Å². The predicted molar refractivity (Wildman–Crippen MR) is 101 cm³/mol. The van der Waals surface area contributed by atoms with E-state index in [1.165, 1.54) is 12.3 Å². The fourth-order valence-corrected chi connectivity index (χ4v) is 6.09. The van der Waals surface area contributed by atoms with Crippen LogP contribution in [-0.4, -0.2) is 14.5 Å². The third kappa shape index (κ3) is 2.40. The zero-order valence-electron chi connectivity index (χ0n) is 16.7. The van der Waals surface area contributed by atoms with Gasteiger partial charge >= 0.3 is 156 Å². The van der Waals surface area contributed by atoms with E-state index < -0.39 is 12.7 Å². The zero-order valence-corrected chi connectivity index (χ0v) is 15.4. The van der Waals surface area contributed by atoms with Crippen LogP contribution < -0.4 is 4.57 Å². The van der Waals surface area contributed by atoms with E-state index in [0.717, 1.165) is 30.4 Å². The summed E-state index contributed by atoms with van der Waals surface area (Å²) >= 11 is -0.0840. The Balaban J connectivity index is 2.09. The van der Waals surface area contributed by atoms with Crippen LogP contribution in [0, 0.1) is 26.2 Å². The van der Waals surface area contributed by atoms with Gasteiger partial charge in [-0.25, -0.2) is 0 Å². The topological polar surface area (TPSA) is 8.24 Å². The number of hydrogen-bond acceptors (Lipinski definition) is 0. The van der Waals surface area contributed by atoms with Crippen molar-refractivity contribution in [3.05, 3.63) is 71.0 Å². The van der Waals surface area contributed by atoms with E-state index in [1.807, 2.05) is 31.2 Å². The predicted octanol–water partition coefficient (Wildman–Crippen LogP) is 4.85. The average Bonchev–Trinajstić information content (AvgIpc) is 3.01. The molecule has 0 fully saturated rings. The van der Waals surface area contributed by atoms with Gasteiger partial charge in [-0.2, -0.15) is 0 Å². The Morgan fingerprint density at radius 1 is 1.16 bits per heavy atom. The van der Waals surface area contributed by atoms with Gasteiger partial charge in [-0.3, -0.25) is 0 Å². The Morgan fingerprint density at radius 3 is 2.72 bits per heavy atom. The minimum atomic E-state index is -2.50. The van der Waals surface area contributed by atoms with Crippen LogP contribution in [0.4, 0.5) is 10.1 Å². The number of benzene rings is 2. The maximum absolute atomic E-state index is 14.7. The van der Waals surface area contributed by atoms with Crippen molar-refractivity contribution in [2.45, 2.75) is 13.8 Å². The molecule has 0 saturated heterocycles. The summed E-state index contributed by atoms with van der Waals surface area (Å²) in [5.74, 6) is -0.727. The van der Waals surface area contributed by atoms with Gasteiger partial charge in [-0.15, -0.1) is 0 Å². The van der Waals surface area contributed by atoms with Gasteiger partial charge in [0.2, 0.25) is 0 Å². The van der Waals surface area contributed by atoms with Crippen LogP contribution in [0.1, 0.15) is 15.2 Å². The van der Waals surface area contributed by atoms with E-state index in [1.54, 1.807) is 11.6 Å². The number of fused-ring (bicyclic) bond motifs is 3. The molecule has 2 aromatic carbocycles. The molecule has 2 heterocycles. The van der Waals surface area contributed by atoms with Crippen LogP contribution >= 0.6 is 0 Å². The Hall–Kier alpha value is -2.47. The Kier molecular flexibility index (Phi) is 2.98. The summed E-state index contributed by atoms with van der Waals surface area (Å²) in [6.45, 7) is 6.92. The summed E-state index contributed by atoms with van der Waals surface area (Å²) in [5.41, 5.74) is 2.93.